The first-order valence-electron chi connectivity index (χ1n) is 8.44. The first kappa shape index (κ1) is 18.9. The highest BCUT2D eigenvalue weighted by atomic mass is 127. The number of aryl methyl sites for hydroxylation is 2. The largest absolute Gasteiger partial charge is 0.490 e. The average molecular weight is 439 g/mol. The molecule has 0 unspecified atom stereocenters. The van der Waals surface area contributed by atoms with Crippen LogP contribution in [0, 0.1) is 17.4 Å². The Labute approximate surface area is 158 Å². The number of ether oxygens (including phenoxy) is 2. The minimum atomic E-state index is 0.631. The van der Waals surface area contributed by atoms with Gasteiger partial charge in [0.2, 0.25) is 0 Å². The van der Waals surface area contributed by atoms with Gasteiger partial charge in [0.25, 0.3) is 0 Å². The number of benzene rings is 2. The summed E-state index contributed by atoms with van der Waals surface area (Å²) in [7, 11) is 0. The molecule has 0 radical (unpaired) electrons. The van der Waals surface area contributed by atoms with Crippen LogP contribution in [0.1, 0.15) is 37.0 Å². The van der Waals surface area contributed by atoms with Crippen molar-refractivity contribution in [1.82, 2.24) is 0 Å². The lowest BCUT2D eigenvalue weighted by Gasteiger charge is -2.16. The molecule has 3 nitrogen and oxygen atoms in total. The zero-order valence-electron chi connectivity index (χ0n) is 14.9. The van der Waals surface area contributed by atoms with Gasteiger partial charge in [0.05, 0.1) is 16.8 Å². The number of hydrogen-bond acceptors (Lipinski definition) is 3. The lowest BCUT2D eigenvalue weighted by atomic mass is 10.1. The minimum absolute atomic E-state index is 0.631. The van der Waals surface area contributed by atoms with E-state index in [1.807, 2.05) is 6.92 Å². The Bertz CT molecular complexity index is 686. The van der Waals surface area contributed by atoms with E-state index in [2.05, 4.69) is 79.0 Å². The van der Waals surface area contributed by atoms with E-state index in [1.165, 1.54) is 22.4 Å². The Hall–Kier alpha value is -1.43. The van der Waals surface area contributed by atoms with Crippen LogP contribution >= 0.6 is 22.6 Å². The van der Waals surface area contributed by atoms with E-state index in [-0.39, 0.29) is 0 Å². The highest BCUT2D eigenvalue weighted by molar-refractivity contribution is 14.1. The molecule has 0 bridgehead atoms. The molecule has 2 rings (SSSR count). The van der Waals surface area contributed by atoms with Crippen LogP contribution < -0.4 is 14.8 Å². The van der Waals surface area contributed by atoms with Crippen molar-refractivity contribution in [3.05, 3.63) is 50.6 Å². The molecule has 2 aromatic carbocycles. The third-order valence-electron chi connectivity index (χ3n) is 3.68. The van der Waals surface area contributed by atoms with E-state index in [9.17, 15) is 0 Å². The van der Waals surface area contributed by atoms with Crippen LogP contribution in [-0.4, -0.2) is 13.2 Å². The average Bonchev–Trinajstić information content (AvgIpc) is 2.53. The summed E-state index contributed by atoms with van der Waals surface area (Å²) in [4.78, 5) is 0. The molecule has 0 saturated heterocycles. The molecule has 0 fully saturated rings. The van der Waals surface area contributed by atoms with Gasteiger partial charge in [-0.3, -0.25) is 0 Å². The smallest absolute Gasteiger partial charge is 0.174 e. The Morgan fingerprint density at radius 3 is 2.50 bits per heavy atom. The molecule has 0 atom stereocenters. The standard InChI is InChI=1S/C20H26INO2/c1-5-9-24-20-17(21)11-16(12-19(20)23-6-2)13-22-18-8-7-14(3)10-15(18)4/h7-8,10-12,22H,5-6,9,13H2,1-4H3. The second-order valence-electron chi connectivity index (χ2n) is 5.86. The summed E-state index contributed by atoms with van der Waals surface area (Å²) in [6.07, 6.45) is 0.984. The lowest BCUT2D eigenvalue weighted by Crippen LogP contribution is -2.05. The zero-order valence-corrected chi connectivity index (χ0v) is 17.1. The second kappa shape index (κ2) is 9.16. The van der Waals surface area contributed by atoms with E-state index in [0.717, 1.165) is 28.0 Å². The number of anilines is 1. The molecule has 1 N–H and O–H groups in total. The third kappa shape index (κ3) is 5.03. The van der Waals surface area contributed by atoms with Gasteiger partial charge in [-0.15, -0.1) is 0 Å². The van der Waals surface area contributed by atoms with E-state index in [0.29, 0.717) is 13.2 Å². The number of rotatable bonds is 8. The van der Waals surface area contributed by atoms with Crippen LogP contribution in [0.4, 0.5) is 5.69 Å². The predicted molar refractivity (Wildman–Crippen MR) is 109 cm³/mol. The van der Waals surface area contributed by atoms with Crippen molar-refractivity contribution in [3.8, 4) is 11.5 Å². The monoisotopic (exact) mass is 439 g/mol. The zero-order chi connectivity index (χ0) is 17.5. The predicted octanol–water partition coefficient (Wildman–Crippen LogP) is 5.71. The molecule has 0 aliphatic heterocycles. The lowest BCUT2D eigenvalue weighted by molar-refractivity contribution is 0.275. The van der Waals surface area contributed by atoms with Gasteiger partial charge in [0.15, 0.2) is 11.5 Å². The number of hydrogen-bond donors (Lipinski definition) is 1. The van der Waals surface area contributed by atoms with E-state index in [4.69, 9.17) is 9.47 Å². The fourth-order valence-electron chi connectivity index (χ4n) is 2.54. The maximum absolute atomic E-state index is 5.87. The van der Waals surface area contributed by atoms with Gasteiger partial charge in [-0.05, 0) is 79.1 Å². The molecule has 2 aromatic rings. The van der Waals surface area contributed by atoms with Gasteiger partial charge in [-0.1, -0.05) is 24.6 Å². The Kier molecular flexibility index (Phi) is 7.21. The van der Waals surface area contributed by atoms with Gasteiger partial charge in [0, 0.05) is 12.2 Å². The minimum Gasteiger partial charge on any atom is -0.490 e. The van der Waals surface area contributed by atoms with Crippen molar-refractivity contribution in [2.24, 2.45) is 0 Å². The molecule has 4 heteroatoms. The quantitative estimate of drug-likeness (QED) is 0.535. The van der Waals surface area contributed by atoms with Crippen molar-refractivity contribution in [2.45, 2.75) is 40.7 Å². The highest BCUT2D eigenvalue weighted by Gasteiger charge is 2.12. The molecule has 130 valence electrons. The molecule has 0 heterocycles. The molecular formula is C20H26INO2. The molecule has 0 spiro atoms. The van der Waals surface area contributed by atoms with Crippen LogP contribution in [-0.2, 0) is 6.54 Å². The summed E-state index contributed by atoms with van der Waals surface area (Å²) >= 11 is 2.32. The molecule has 0 saturated carbocycles. The maximum atomic E-state index is 5.87. The van der Waals surface area contributed by atoms with Crippen molar-refractivity contribution in [2.75, 3.05) is 18.5 Å². The van der Waals surface area contributed by atoms with Gasteiger partial charge in [-0.25, -0.2) is 0 Å². The molecule has 24 heavy (non-hydrogen) atoms. The van der Waals surface area contributed by atoms with Gasteiger partial charge < -0.3 is 14.8 Å². The summed E-state index contributed by atoms with van der Waals surface area (Å²) in [5.74, 6) is 1.69. The van der Waals surface area contributed by atoms with Gasteiger partial charge >= 0.3 is 0 Å². The van der Waals surface area contributed by atoms with Crippen LogP contribution in [0.3, 0.4) is 0 Å². The molecule has 0 amide bonds. The first-order valence-corrected chi connectivity index (χ1v) is 9.52. The summed E-state index contributed by atoms with van der Waals surface area (Å²) < 4.78 is 12.7. The Morgan fingerprint density at radius 2 is 1.83 bits per heavy atom. The van der Waals surface area contributed by atoms with E-state index >= 15 is 0 Å². The van der Waals surface area contributed by atoms with Crippen molar-refractivity contribution < 1.29 is 9.47 Å². The summed E-state index contributed by atoms with van der Waals surface area (Å²) in [6.45, 7) is 10.4. The van der Waals surface area contributed by atoms with Crippen LogP contribution in [0.2, 0.25) is 0 Å². The molecule has 0 aliphatic rings. The van der Waals surface area contributed by atoms with E-state index in [1.54, 1.807) is 0 Å². The number of nitrogens with one attached hydrogen (secondary N) is 1. The fraction of sp³-hybridized carbons (Fsp3) is 0.400. The molecular weight excluding hydrogens is 413 g/mol. The molecule has 0 aliphatic carbocycles. The highest BCUT2D eigenvalue weighted by Crippen LogP contribution is 2.34. The normalized spacial score (nSPS) is 10.5. The fourth-order valence-corrected chi connectivity index (χ4v) is 3.36. The van der Waals surface area contributed by atoms with Gasteiger partial charge in [-0.2, -0.15) is 0 Å². The van der Waals surface area contributed by atoms with Crippen LogP contribution in [0.5, 0.6) is 11.5 Å². The van der Waals surface area contributed by atoms with E-state index < -0.39 is 0 Å². The maximum Gasteiger partial charge on any atom is 0.174 e. The van der Waals surface area contributed by atoms with Gasteiger partial charge in [0.1, 0.15) is 0 Å². The van der Waals surface area contributed by atoms with Crippen LogP contribution in [0.25, 0.3) is 0 Å². The van der Waals surface area contributed by atoms with Crippen molar-refractivity contribution in [3.63, 3.8) is 0 Å². The second-order valence-corrected chi connectivity index (χ2v) is 7.02. The summed E-state index contributed by atoms with van der Waals surface area (Å²) in [5, 5.41) is 3.52. The van der Waals surface area contributed by atoms with Crippen molar-refractivity contribution >= 4 is 28.3 Å². The Balaban J connectivity index is 2.17. The first-order chi connectivity index (χ1) is 11.5. The Morgan fingerprint density at radius 1 is 1.04 bits per heavy atom. The topological polar surface area (TPSA) is 30.5 Å². The molecule has 0 aromatic heterocycles. The summed E-state index contributed by atoms with van der Waals surface area (Å²) in [5.41, 5.74) is 4.90. The SMILES string of the molecule is CCCOc1c(I)cc(CNc2ccc(C)cc2C)cc1OCC. The van der Waals surface area contributed by atoms with Crippen molar-refractivity contribution in [1.29, 1.82) is 0 Å². The van der Waals surface area contributed by atoms with Crippen LogP contribution in [0.15, 0.2) is 30.3 Å². The summed E-state index contributed by atoms with van der Waals surface area (Å²) in [6, 6.07) is 10.7. The third-order valence-corrected chi connectivity index (χ3v) is 4.49. The number of halogens is 1.